The lowest BCUT2D eigenvalue weighted by Gasteiger charge is -2.27. The van der Waals surface area contributed by atoms with Crippen molar-refractivity contribution in [2.45, 2.75) is 58.0 Å². The number of carbonyl (C=O) groups is 1. The van der Waals surface area contributed by atoms with Gasteiger partial charge < -0.3 is 4.90 Å². The number of fused-ring (bicyclic) bond motifs is 1. The van der Waals surface area contributed by atoms with E-state index in [2.05, 4.69) is 5.10 Å². The molecule has 2 atom stereocenters. The molecule has 1 fully saturated rings. The quantitative estimate of drug-likeness (QED) is 0.851. The highest BCUT2D eigenvalue weighted by Gasteiger charge is 2.34. The van der Waals surface area contributed by atoms with Gasteiger partial charge in [-0.25, -0.2) is 9.48 Å². The van der Waals surface area contributed by atoms with Crippen LogP contribution in [0.25, 0.3) is 0 Å². The molecule has 0 N–H and O–H groups in total. The fourth-order valence-electron chi connectivity index (χ4n) is 4.12. The first-order chi connectivity index (χ1) is 12.6. The fraction of sp³-hybridized carbons (Fsp3) is 0.550. The summed E-state index contributed by atoms with van der Waals surface area (Å²) < 4.78 is 3.21. The Labute approximate surface area is 153 Å². The van der Waals surface area contributed by atoms with Crippen LogP contribution in [0.5, 0.6) is 0 Å². The number of rotatable bonds is 3. The van der Waals surface area contributed by atoms with Crippen LogP contribution in [-0.2, 0) is 11.2 Å². The van der Waals surface area contributed by atoms with Crippen LogP contribution in [0.2, 0.25) is 0 Å². The van der Waals surface area contributed by atoms with E-state index < -0.39 is 0 Å². The molecule has 2 unspecified atom stereocenters. The van der Waals surface area contributed by atoms with E-state index in [0.717, 1.165) is 56.6 Å². The van der Waals surface area contributed by atoms with Crippen LogP contribution < -0.4 is 5.69 Å². The first-order valence-electron chi connectivity index (χ1n) is 9.61. The molecule has 1 aromatic heterocycles. The summed E-state index contributed by atoms with van der Waals surface area (Å²) in [6.45, 7) is 5.66. The van der Waals surface area contributed by atoms with E-state index >= 15 is 0 Å². The summed E-state index contributed by atoms with van der Waals surface area (Å²) in [6.07, 6.45) is 4.51. The molecule has 2 aliphatic rings. The van der Waals surface area contributed by atoms with Crippen LogP contribution in [0.15, 0.2) is 29.1 Å². The van der Waals surface area contributed by atoms with Gasteiger partial charge in [-0.1, -0.05) is 29.8 Å². The number of likely N-dealkylation sites (tertiary alicyclic amines) is 1. The Balaban J connectivity index is 1.68. The molecular formula is C20H26N4O2. The minimum absolute atomic E-state index is 0.0908. The maximum Gasteiger partial charge on any atom is 0.347 e. The first kappa shape index (κ1) is 17.1. The molecule has 0 radical (unpaired) electrons. The Kier molecular flexibility index (Phi) is 4.42. The van der Waals surface area contributed by atoms with Gasteiger partial charge in [0.05, 0.1) is 6.04 Å². The summed E-state index contributed by atoms with van der Waals surface area (Å²) in [6, 6.07) is 7.64. The predicted molar refractivity (Wildman–Crippen MR) is 99.3 cm³/mol. The highest BCUT2D eigenvalue weighted by Crippen LogP contribution is 2.26. The Hall–Kier alpha value is -2.37. The molecule has 2 aromatic rings. The molecule has 0 aliphatic carbocycles. The molecule has 6 nitrogen and oxygen atoms in total. The molecule has 1 amide bonds. The smallest absolute Gasteiger partial charge is 0.341 e. The Morgan fingerprint density at radius 2 is 1.85 bits per heavy atom. The number of nitrogens with zero attached hydrogens (tertiary/aromatic N) is 4. The average molecular weight is 354 g/mol. The van der Waals surface area contributed by atoms with Crippen molar-refractivity contribution in [2.24, 2.45) is 0 Å². The van der Waals surface area contributed by atoms with Crippen LogP contribution in [-0.4, -0.2) is 38.2 Å². The normalized spacial score (nSPS) is 20.8. The topological polar surface area (TPSA) is 60.1 Å². The van der Waals surface area contributed by atoms with E-state index in [1.807, 2.05) is 43.0 Å². The number of hydrogen-bond donors (Lipinski definition) is 0. The lowest BCUT2D eigenvalue weighted by Crippen LogP contribution is -2.41. The minimum Gasteiger partial charge on any atom is -0.341 e. The standard InChI is InChI=1S/C20H26N4O2/c1-14-8-10-16(11-9-14)15(2)24-20(26)23-17(6-5-7-18(23)21-24)19(25)22-12-3-4-13-22/h8-11,15,17H,3-7,12-13H2,1-2H3. The van der Waals surface area contributed by atoms with Crippen LogP contribution in [0.1, 0.15) is 61.6 Å². The van der Waals surface area contributed by atoms with Crippen molar-refractivity contribution >= 4 is 5.91 Å². The maximum atomic E-state index is 13.1. The van der Waals surface area contributed by atoms with Crippen molar-refractivity contribution in [2.75, 3.05) is 13.1 Å². The van der Waals surface area contributed by atoms with Gasteiger partial charge in [-0.3, -0.25) is 9.36 Å². The SMILES string of the molecule is Cc1ccc(C(C)n2nc3n(c2=O)C(C(=O)N2CCCC2)CCC3)cc1. The summed E-state index contributed by atoms with van der Waals surface area (Å²) >= 11 is 0. The molecule has 138 valence electrons. The first-order valence-corrected chi connectivity index (χ1v) is 9.61. The van der Waals surface area contributed by atoms with Gasteiger partial charge >= 0.3 is 5.69 Å². The number of hydrogen-bond acceptors (Lipinski definition) is 3. The van der Waals surface area contributed by atoms with E-state index in [0.29, 0.717) is 0 Å². The predicted octanol–water partition coefficient (Wildman–Crippen LogP) is 2.46. The lowest BCUT2D eigenvalue weighted by molar-refractivity contribution is -0.134. The molecule has 3 heterocycles. The molecule has 1 saturated heterocycles. The van der Waals surface area contributed by atoms with Gasteiger partial charge in [-0.05, 0) is 45.1 Å². The second-order valence-corrected chi connectivity index (χ2v) is 7.54. The second-order valence-electron chi connectivity index (χ2n) is 7.54. The molecule has 6 heteroatoms. The molecular weight excluding hydrogens is 328 g/mol. The zero-order chi connectivity index (χ0) is 18.3. The molecule has 0 bridgehead atoms. The molecule has 26 heavy (non-hydrogen) atoms. The van der Waals surface area contributed by atoms with Crippen LogP contribution in [0.4, 0.5) is 0 Å². The van der Waals surface area contributed by atoms with E-state index in [4.69, 9.17) is 0 Å². The van der Waals surface area contributed by atoms with Crippen molar-refractivity contribution in [3.05, 3.63) is 51.7 Å². The van der Waals surface area contributed by atoms with Crippen molar-refractivity contribution in [1.29, 1.82) is 0 Å². The Morgan fingerprint density at radius 1 is 1.15 bits per heavy atom. The van der Waals surface area contributed by atoms with E-state index in [-0.39, 0.29) is 23.7 Å². The number of aromatic nitrogens is 3. The molecule has 4 rings (SSSR count). The van der Waals surface area contributed by atoms with Gasteiger partial charge in [-0.2, -0.15) is 5.10 Å². The van der Waals surface area contributed by atoms with Gasteiger partial charge in [-0.15, -0.1) is 0 Å². The number of benzene rings is 1. The summed E-state index contributed by atoms with van der Waals surface area (Å²) in [5.41, 5.74) is 2.08. The number of aryl methyl sites for hydroxylation is 2. The minimum atomic E-state index is -0.386. The molecule has 0 spiro atoms. The van der Waals surface area contributed by atoms with Gasteiger partial charge in [0.15, 0.2) is 0 Å². The number of amides is 1. The Bertz CT molecular complexity index is 859. The van der Waals surface area contributed by atoms with Crippen molar-refractivity contribution < 1.29 is 4.79 Å². The highest BCUT2D eigenvalue weighted by molar-refractivity contribution is 5.80. The van der Waals surface area contributed by atoms with E-state index in [1.54, 1.807) is 9.25 Å². The molecule has 1 aromatic carbocycles. The maximum absolute atomic E-state index is 13.1. The van der Waals surface area contributed by atoms with Gasteiger partial charge in [0.2, 0.25) is 5.91 Å². The van der Waals surface area contributed by atoms with E-state index in [9.17, 15) is 9.59 Å². The van der Waals surface area contributed by atoms with Crippen molar-refractivity contribution in [1.82, 2.24) is 19.2 Å². The van der Waals surface area contributed by atoms with Gasteiger partial charge in [0, 0.05) is 19.5 Å². The van der Waals surface area contributed by atoms with Crippen LogP contribution in [0, 0.1) is 6.92 Å². The number of carbonyl (C=O) groups excluding carboxylic acids is 1. The largest absolute Gasteiger partial charge is 0.347 e. The summed E-state index contributed by atoms with van der Waals surface area (Å²) in [7, 11) is 0. The Morgan fingerprint density at radius 3 is 2.54 bits per heavy atom. The third kappa shape index (κ3) is 2.87. The molecule has 2 aliphatic heterocycles. The summed E-state index contributed by atoms with van der Waals surface area (Å²) in [5, 5.41) is 4.60. The monoisotopic (exact) mass is 354 g/mol. The summed E-state index contributed by atoms with van der Waals surface area (Å²) in [4.78, 5) is 28.0. The van der Waals surface area contributed by atoms with Gasteiger partial charge in [0.25, 0.3) is 0 Å². The fourth-order valence-corrected chi connectivity index (χ4v) is 4.12. The van der Waals surface area contributed by atoms with Crippen molar-refractivity contribution in [3.8, 4) is 0 Å². The highest BCUT2D eigenvalue weighted by atomic mass is 16.2. The van der Waals surface area contributed by atoms with Crippen LogP contribution >= 0.6 is 0 Å². The zero-order valence-electron chi connectivity index (χ0n) is 15.5. The zero-order valence-corrected chi connectivity index (χ0v) is 15.5. The third-order valence-corrected chi connectivity index (χ3v) is 5.72. The third-order valence-electron chi connectivity index (χ3n) is 5.72. The lowest BCUT2D eigenvalue weighted by atomic mass is 10.0. The average Bonchev–Trinajstić information content (AvgIpc) is 3.30. The second kappa shape index (κ2) is 6.74. The van der Waals surface area contributed by atoms with Crippen molar-refractivity contribution in [3.63, 3.8) is 0 Å². The van der Waals surface area contributed by atoms with Crippen LogP contribution in [0.3, 0.4) is 0 Å². The molecule has 0 saturated carbocycles. The summed E-state index contributed by atoms with van der Waals surface area (Å²) in [5.74, 6) is 0.839. The van der Waals surface area contributed by atoms with E-state index in [1.165, 1.54) is 5.56 Å². The van der Waals surface area contributed by atoms with Gasteiger partial charge in [0.1, 0.15) is 11.9 Å².